The third-order valence-corrected chi connectivity index (χ3v) is 4.24. The standard InChI is InChI=1S/C22H16ClN3O4/c23-16-5-3-15(4-6-16)22-26-25-21(30-22)14-29-19-9-7-17(8-10-19)24-20(27)12-11-18-2-1-13-28-18/h1-13H,14H2,(H,24,27)/b12-11+. The molecule has 0 aliphatic heterocycles. The quantitative estimate of drug-likeness (QED) is 0.412. The van der Waals surface area contributed by atoms with Crippen LogP contribution in [0.15, 0.2) is 81.8 Å². The smallest absolute Gasteiger partial charge is 0.254 e. The molecule has 7 nitrogen and oxygen atoms in total. The summed E-state index contributed by atoms with van der Waals surface area (Å²) < 4.78 is 16.4. The Hall–Kier alpha value is -3.84. The topological polar surface area (TPSA) is 90.4 Å². The van der Waals surface area contributed by atoms with Gasteiger partial charge in [-0.25, -0.2) is 0 Å². The Labute approximate surface area is 176 Å². The molecule has 0 bridgehead atoms. The second-order valence-electron chi connectivity index (χ2n) is 6.16. The fourth-order valence-electron chi connectivity index (χ4n) is 2.53. The zero-order chi connectivity index (χ0) is 20.8. The number of nitrogens with one attached hydrogen (secondary N) is 1. The maximum Gasteiger partial charge on any atom is 0.254 e. The van der Waals surface area contributed by atoms with E-state index in [1.165, 1.54) is 6.08 Å². The number of benzene rings is 2. The SMILES string of the molecule is O=C(/C=C/c1ccco1)Nc1ccc(OCc2nnc(-c3ccc(Cl)cc3)o2)cc1. The summed E-state index contributed by atoms with van der Waals surface area (Å²) in [7, 11) is 0. The van der Waals surface area contributed by atoms with Gasteiger partial charge < -0.3 is 18.9 Å². The Kier molecular flexibility index (Phi) is 5.91. The number of ether oxygens (including phenoxy) is 1. The first-order valence-corrected chi connectivity index (χ1v) is 9.37. The summed E-state index contributed by atoms with van der Waals surface area (Å²) in [4.78, 5) is 11.9. The number of amides is 1. The van der Waals surface area contributed by atoms with Crippen molar-refractivity contribution in [2.24, 2.45) is 0 Å². The highest BCUT2D eigenvalue weighted by molar-refractivity contribution is 6.30. The molecule has 0 spiro atoms. The minimum atomic E-state index is -0.263. The lowest BCUT2D eigenvalue weighted by molar-refractivity contribution is -0.111. The van der Waals surface area contributed by atoms with Gasteiger partial charge in [-0.2, -0.15) is 0 Å². The van der Waals surface area contributed by atoms with Gasteiger partial charge in [0.05, 0.1) is 6.26 Å². The lowest BCUT2D eigenvalue weighted by Gasteiger charge is -2.05. The fraction of sp³-hybridized carbons (Fsp3) is 0.0455. The van der Waals surface area contributed by atoms with Crippen LogP contribution in [0.4, 0.5) is 5.69 Å². The molecule has 0 aliphatic carbocycles. The average molecular weight is 422 g/mol. The Balaban J connectivity index is 1.29. The number of carbonyl (C=O) groups excluding carboxylic acids is 1. The van der Waals surface area contributed by atoms with Crippen LogP contribution in [0.3, 0.4) is 0 Å². The molecule has 4 rings (SSSR count). The van der Waals surface area contributed by atoms with Crippen LogP contribution in [0.1, 0.15) is 11.7 Å². The molecule has 8 heteroatoms. The maximum absolute atomic E-state index is 11.9. The molecule has 0 saturated carbocycles. The summed E-state index contributed by atoms with van der Waals surface area (Å²) in [5, 5.41) is 11.4. The molecule has 1 amide bonds. The van der Waals surface area contributed by atoms with Crippen molar-refractivity contribution in [3.63, 3.8) is 0 Å². The van der Waals surface area contributed by atoms with Gasteiger partial charge >= 0.3 is 0 Å². The normalized spacial score (nSPS) is 11.0. The number of nitrogens with zero attached hydrogens (tertiary/aromatic N) is 2. The van der Waals surface area contributed by atoms with Gasteiger partial charge in [0.2, 0.25) is 11.8 Å². The second kappa shape index (κ2) is 9.11. The molecule has 2 aromatic heterocycles. The number of halogens is 1. The van der Waals surface area contributed by atoms with Crippen molar-refractivity contribution in [3.05, 3.63) is 89.7 Å². The van der Waals surface area contributed by atoms with Crippen LogP contribution in [-0.4, -0.2) is 16.1 Å². The summed E-state index contributed by atoms with van der Waals surface area (Å²) in [5.74, 6) is 1.69. The summed E-state index contributed by atoms with van der Waals surface area (Å²) >= 11 is 5.88. The van der Waals surface area contributed by atoms with E-state index in [1.807, 2.05) is 0 Å². The van der Waals surface area contributed by atoms with Gasteiger partial charge in [-0.05, 0) is 66.7 Å². The molecule has 1 N–H and O–H groups in total. The molecule has 150 valence electrons. The van der Waals surface area contributed by atoms with Gasteiger partial charge in [-0.1, -0.05) is 11.6 Å². The Morgan fingerprint density at radius 2 is 1.87 bits per heavy atom. The van der Waals surface area contributed by atoms with Crippen LogP contribution >= 0.6 is 11.6 Å². The van der Waals surface area contributed by atoms with Gasteiger partial charge in [0.15, 0.2) is 6.61 Å². The molecule has 0 aliphatic rings. The first kappa shape index (κ1) is 19.5. The molecule has 0 fully saturated rings. The van der Waals surface area contributed by atoms with Gasteiger partial charge in [-0.3, -0.25) is 4.79 Å². The monoisotopic (exact) mass is 421 g/mol. The highest BCUT2D eigenvalue weighted by atomic mass is 35.5. The number of anilines is 1. The van der Waals surface area contributed by atoms with E-state index >= 15 is 0 Å². The minimum Gasteiger partial charge on any atom is -0.484 e. The van der Waals surface area contributed by atoms with Crippen LogP contribution in [0, 0.1) is 0 Å². The average Bonchev–Trinajstić information content (AvgIpc) is 3.45. The Morgan fingerprint density at radius 1 is 1.07 bits per heavy atom. The largest absolute Gasteiger partial charge is 0.484 e. The van der Waals surface area contributed by atoms with Gasteiger partial charge in [0.1, 0.15) is 11.5 Å². The molecular formula is C22H16ClN3O4. The zero-order valence-corrected chi connectivity index (χ0v) is 16.4. The molecule has 2 heterocycles. The van der Waals surface area contributed by atoms with E-state index in [0.717, 1.165) is 5.56 Å². The predicted molar refractivity (Wildman–Crippen MR) is 112 cm³/mol. The van der Waals surface area contributed by atoms with Crippen LogP contribution in [0.25, 0.3) is 17.5 Å². The van der Waals surface area contributed by atoms with Crippen LogP contribution in [-0.2, 0) is 11.4 Å². The molecule has 4 aromatic rings. The van der Waals surface area contributed by atoms with Crippen molar-refractivity contribution in [1.29, 1.82) is 0 Å². The van der Waals surface area contributed by atoms with E-state index in [1.54, 1.807) is 73.0 Å². The van der Waals surface area contributed by atoms with Crippen molar-refractivity contribution in [3.8, 4) is 17.2 Å². The van der Waals surface area contributed by atoms with Crippen LogP contribution < -0.4 is 10.1 Å². The lowest BCUT2D eigenvalue weighted by atomic mass is 10.2. The molecule has 2 aromatic carbocycles. The molecular weight excluding hydrogens is 406 g/mol. The third-order valence-electron chi connectivity index (χ3n) is 3.98. The van der Waals surface area contributed by atoms with E-state index in [0.29, 0.717) is 34.0 Å². The van der Waals surface area contributed by atoms with Crippen molar-refractivity contribution in [2.45, 2.75) is 6.61 Å². The van der Waals surface area contributed by atoms with Crippen molar-refractivity contribution < 1.29 is 18.4 Å². The van der Waals surface area contributed by atoms with Crippen molar-refractivity contribution >= 4 is 29.3 Å². The molecule has 30 heavy (non-hydrogen) atoms. The summed E-state index contributed by atoms with van der Waals surface area (Å²) in [5.41, 5.74) is 1.42. The molecule has 0 unspecified atom stereocenters. The van der Waals surface area contributed by atoms with Crippen molar-refractivity contribution in [2.75, 3.05) is 5.32 Å². The molecule has 0 atom stereocenters. The number of rotatable bonds is 7. The van der Waals surface area contributed by atoms with Crippen LogP contribution in [0.2, 0.25) is 5.02 Å². The molecule has 0 saturated heterocycles. The maximum atomic E-state index is 11.9. The Bertz CT molecular complexity index is 1130. The number of furan rings is 1. The number of hydrogen-bond acceptors (Lipinski definition) is 6. The zero-order valence-electron chi connectivity index (χ0n) is 15.6. The predicted octanol–water partition coefficient (Wildman–Crippen LogP) is 5.21. The van der Waals surface area contributed by atoms with Crippen LogP contribution in [0.5, 0.6) is 5.75 Å². The van der Waals surface area contributed by atoms with E-state index in [9.17, 15) is 4.79 Å². The van der Waals surface area contributed by atoms with E-state index in [4.69, 9.17) is 25.2 Å². The highest BCUT2D eigenvalue weighted by Crippen LogP contribution is 2.21. The van der Waals surface area contributed by atoms with Gasteiger partial charge in [0.25, 0.3) is 5.89 Å². The number of hydrogen-bond donors (Lipinski definition) is 1. The summed E-state index contributed by atoms with van der Waals surface area (Å²) in [6.07, 6.45) is 4.54. The third kappa shape index (κ3) is 5.15. The minimum absolute atomic E-state index is 0.123. The van der Waals surface area contributed by atoms with E-state index in [-0.39, 0.29) is 12.5 Å². The second-order valence-corrected chi connectivity index (χ2v) is 6.60. The summed E-state index contributed by atoms with van der Waals surface area (Å²) in [6, 6.07) is 17.6. The summed E-state index contributed by atoms with van der Waals surface area (Å²) in [6.45, 7) is 0.123. The van der Waals surface area contributed by atoms with E-state index in [2.05, 4.69) is 15.5 Å². The van der Waals surface area contributed by atoms with Crippen molar-refractivity contribution in [1.82, 2.24) is 10.2 Å². The lowest BCUT2D eigenvalue weighted by Crippen LogP contribution is -2.07. The fourth-order valence-corrected chi connectivity index (χ4v) is 2.65. The van der Waals surface area contributed by atoms with E-state index < -0.39 is 0 Å². The number of carbonyl (C=O) groups is 1. The number of aromatic nitrogens is 2. The highest BCUT2D eigenvalue weighted by Gasteiger charge is 2.09. The van der Waals surface area contributed by atoms with Gasteiger partial charge in [-0.15, -0.1) is 10.2 Å². The first-order chi connectivity index (χ1) is 14.7. The Morgan fingerprint density at radius 3 is 2.60 bits per heavy atom. The molecule has 0 radical (unpaired) electrons. The first-order valence-electron chi connectivity index (χ1n) is 8.99. The van der Waals surface area contributed by atoms with Gasteiger partial charge in [0, 0.05) is 22.3 Å².